The number of oxime groups is 1. The van der Waals surface area contributed by atoms with Crippen molar-refractivity contribution in [3.8, 4) is 5.75 Å². The third-order valence-corrected chi connectivity index (χ3v) is 5.79. The number of nitrogens with zero attached hydrogens (tertiary/aromatic N) is 1. The number of aryl methyl sites for hydroxylation is 2. The summed E-state index contributed by atoms with van der Waals surface area (Å²) in [4.78, 5) is 12.8. The van der Waals surface area contributed by atoms with Crippen molar-refractivity contribution in [3.63, 3.8) is 0 Å². The molecule has 162 valence electrons. The van der Waals surface area contributed by atoms with Gasteiger partial charge in [0.2, 0.25) is 0 Å². The predicted molar refractivity (Wildman–Crippen MR) is 126 cm³/mol. The zero-order chi connectivity index (χ0) is 22.7. The van der Waals surface area contributed by atoms with Crippen molar-refractivity contribution in [3.05, 3.63) is 110 Å². The van der Waals surface area contributed by atoms with Crippen LogP contribution in [0.5, 0.6) is 5.75 Å². The van der Waals surface area contributed by atoms with Gasteiger partial charge in [0.1, 0.15) is 23.7 Å². The molecule has 0 radical (unpaired) electrons. The summed E-state index contributed by atoms with van der Waals surface area (Å²) in [6, 6.07) is 20.5. The number of halogens is 1. The third kappa shape index (κ3) is 4.39. The highest BCUT2D eigenvalue weighted by Gasteiger charge is 2.16. The fraction of sp³-hybridized carbons (Fsp3) is 0.154. The van der Waals surface area contributed by atoms with Crippen LogP contribution in [0.1, 0.15) is 27.8 Å². The first kappa shape index (κ1) is 21.7. The molecule has 0 aliphatic rings. The van der Waals surface area contributed by atoms with E-state index in [1.807, 2.05) is 56.3 Å². The van der Waals surface area contributed by atoms with E-state index in [1.165, 1.54) is 0 Å². The number of hydrogen-bond acceptors (Lipinski definition) is 5. The maximum Gasteiger partial charge on any atom is 0.340 e. The summed E-state index contributed by atoms with van der Waals surface area (Å²) in [7, 11) is 0. The van der Waals surface area contributed by atoms with Gasteiger partial charge >= 0.3 is 5.63 Å². The SMILES string of the molecule is Cc1c(Cc2ccccc2)c(=O)oc2c(C)c(OC/C(=N\O)c3ccc(Cl)cc3)ccc12. The van der Waals surface area contributed by atoms with Crippen LogP contribution in [-0.2, 0) is 6.42 Å². The lowest BCUT2D eigenvalue weighted by atomic mass is 9.98. The molecule has 0 saturated carbocycles. The Bertz CT molecular complexity index is 1340. The van der Waals surface area contributed by atoms with E-state index in [0.717, 1.165) is 16.5 Å². The second kappa shape index (κ2) is 9.28. The highest BCUT2D eigenvalue weighted by molar-refractivity contribution is 6.30. The Morgan fingerprint density at radius 1 is 1.00 bits per heavy atom. The monoisotopic (exact) mass is 447 g/mol. The summed E-state index contributed by atoms with van der Waals surface area (Å²) in [5, 5.41) is 14.2. The topological polar surface area (TPSA) is 72.0 Å². The van der Waals surface area contributed by atoms with Gasteiger partial charge in [-0.3, -0.25) is 0 Å². The third-order valence-electron chi connectivity index (χ3n) is 5.54. The van der Waals surface area contributed by atoms with Gasteiger partial charge in [0, 0.05) is 33.5 Å². The molecule has 0 saturated heterocycles. The standard InChI is InChI=1S/C26H22ClNO4/c1-16-21-12-13-24(31-15-23(28-30)19-8-10-20(27)11-9-19)17(2)25(21)32-26(29)22(16)14-18-6-4-3-5-7-18/h3-13,30H,14-15H2,1-2H3/b28-23+. The van der Waals surface area contributed by atoms with Crippen molar-refractivity contribution in [1.82, 2.24) is 0 Å². The van der Waals surface area contributed by atoms with E-state index in [2.05, 4.69) is 5.16 Å². The normalized spacial score (nSPS) is 11.7. The van der Waals surface area contributed by atoms with Crippen LogP contribution in [0.2, 0.25) is 5.02 Å². The molecule has 0 aliphatic carbocycles. The average Bonchev–Trinajstić information content (AvgIpc) is 2.80. The number of ether oxygens (including phenoxy) is 1. The molecule has 1 aromatic heterocycles. The van der Waals surface area contributed by atoms with E-state index in [9.17, 15) is 10.0 Å². The smallest absolute Gasteiger partial charge is 0.340 e. The quantitative estimate of drug-likeness (QED) is 0.172. The first-order chi connectivity index (χ1) is 15.5. The van der Waals surface area contributed by atoms with Crippen molar-refractivity contribution in [2.45, 2.75) is 20.3 Å². The Morgan fingerprint density at radius 3 is 2.41 bits per heavy atom. The van der Waals surface area contributed by atoms with Gasteiger partial charge in [0.15, 0.2) is 0 Å². The van der Waals surface area contributed by atoms with Gasteiger partial charge in [0.05, 0.1) is 0 Å². The molecule has 4 rings (SSSR count). The van der Waals surface area contributed by atoms with Crippen LogP contribution in [0.4, 0.5) is 0 Å². The van der Waals surface area contributed by atoms with Gasteiger partial charge in [0.25, 0.3) is 0 Å². The molecule has 0 fully saturated rings. The molecule has 4 aromatic rings. The van der Waals surface area contributed by atoms with Gasteiger partial charge in [-0.2, -0.15) is 0 Å². The van der Waals surface area contributed by atoms with Gasteiger partial charge < -0.3 is 14.4 Å². The van der Waals surface area contributed by atoms with Crippen LogP contribution in [-0.4, -0.2) is 17.5 Å². The molecular formula is C26H22ClNO4. The molecule has 32 heavy (non-hydrogen) atoms. The lowest BCUT2D eigenvalue weighted by Gasteiger charge is -2.14. The van der Waals surface area contributed by atoms with Crippen LogP contribution >= 0.6 is 11.6 Å². The fourth-order valence-corrected chi connectivity index (χ4v) is 3.82. The molecule has 0 unspecified atom stereocenters. The average molecular weight is 448 g/mol. The number of fused-ring (bicyclic) bond motifs is 1. The highest BCUT2D eigenvalue weighted by Crippen LogP contribution is 2.30. The minimum absolute atomic E-state index is 0.0415. The van der Waals surface area contributed by atoms with Gasteiger partial charge in [-0.15, -0.1) is 0 Å². The van der Waals surface area contributed by atoms with Crippen molar-refractivity contribution in [2.24, 2.45) is 5.16 Å². The minimum atomic E-state index is -0.349. The summed E-state index contributed by atoms with van der Waals surface area (Å²) in [5.74, 6) is 0.547. The molecule has 1 heterocycles. The molecule has 6 heteroatoms. The molecule has 0 atom stereocenters. The summed E-state index contributed by atoms with van der Waals surface area (Å²) >= 11 is 5.92. The molecule has 1 N–H and O–H groups in total. The molecule has 5 nitrogen and oxygen atoms in total. The van der Waals surface area contributed by atoms with E-state index in [1.54, 1.807) is 24.3 Å². The Morgan fingerprint density at radius 2 is 1.72 bits per heavy atom. The zero-order valence-electron chi connectivity index (χ0n) is 17.8. The lowest BCUT2D eigenvalue weighted by Crippen LogP contribution is -2.14. The van der Waals surface area contributed by atoms with Crippen molar-refractivity contribution in [1.29, 1.82) is 0 Å². The van der Waals surface area contributed by atoms with Crippen LogP contribution in [0.3, 0.4) is 0 Å². The molecular weight excluding hydrogens is 426 g/mol. The maximum absolute atomic E-state index is 12.8. The first-order valence-corrected chi connectivity index (χ1v) is 10.5. The molecule has 3 aromatic carbocycles. The van der Waals surface area contributed by atoms with E-state index in [-0.39, 0.29) is 12.2 Å². The van der Waals surface area contributed by atoms with E-state index >= 15 is 0 Å². The van der Waals surface area contributed by atoms with Crippen LogP contribution in [0.25, 0.3) is 11.0 Å². The van der Waals surface area contributed by atoms with Crippen molar-refractivity contribution >= 4 is 28.3 Å². The zero-order valence-corrected chi connectivity index (χ0v) is 18.5. The summed E-state index contributed by atoms with van der Waals surface area (Å²) in [5.41, 5.74) is 4.51. The van der Waals surface area contributed by atoms with Gasteiger partial charge in [-0.25, -0.2) is 4.79 Å². The molecule has 0 spiro atoms. The number of rotatable bonds is 6. The largest absolute Gasteiger partial charge is 0.487 e. The molecule has 0 aliphatic heterocycles. The molecule has 0 bridgehead atoms. The minimum Gasteiger partial charge on any atom is -0.487 e. The Labute approximate surface area is 190 Å². The van der Waals surface area contributed by atoms with Crippen molar-refractivity contribution in [2.75, 3.05) is 6.61 Å². The number of benzene rings is 3. The lowest BCUT2D eigenvalue weighted by molar-refractivity contribution is 0.308. The van der Waals surface area contributed by atoms with Crippen LogP contribution in [0.15, 0.2) is 81.1 Å². The van der Waals surface area contributed by atoms with E-state index < -0.39 is 0 Å². The highest BCUT2D eigenvalue weighted by atomic mass is 35.5. The molecule has 0 amide bonds. The second-order valence-electron chi connectivity index (χ2n) is 7.56. The summed E-state index contributed by atoms with van der Waals surface area (Å²) in [6.07, 6.45) is 0.514. The van der Waals surface area contributed by atoms with Gasteiger partial charge in [-0.1, -0.05) is 59.2 Å². The second-order valence-corrected chi connectivity index (χ2v) is 8.00. The summed E-state index contributed by atoms with van der Waals surface area (Å²) in [6.45, 7) is 3.82. The Hall–Kier alpha value is -3.57. The number of hydrogen-bond donors (Lipinski definition) is 1. The van der Waals surface area contributed by atoms with E-state index in [0.29, 0.717) is 45.2 Å². The van der Waals surface area contributed by atoms with Crippen molar-refractivity contribution < 1.29 is 14.4 Å². The van der Waals surface area contributed by atoms with E-state index in [4.69, 9.17) is 20.8 Å². The Kier molecular flexibility index (Phi) is 6.28. The summed E-state index contributed by atoms with van der Waals surface area (Å²) < 4.78 is 11.6. The Balaban J connectivity index is 1.63. The van der Waals surface area contributed by atoms with Gasteiger partial charge in [-0.05, 0) is 49.2 Å². The maximum atomic E-state index is 12.8. The van der Waals surface area contributed by atoms with Crippen LogP contribution < -0.4 is 10.4 Å². The fourth-order valence-electron chi connectivity index (χ4n) is 3.69. The predicted octanol–water partition coefficient (Wildman–Crippen LogP) is 5.91. The first-order valence-electron chi connectivity index (χ1n) is 10.2. The van der Waals surface area contributed by atoms with Crippen LogP contribution in [0, 0.1) is 13.8 Å².